The van der Waals surface area contributed by atoms with Gasteiger partial charge in [0.1, 0.15) is 0 Å². The van der Waals surface area contributed by atoms with E-state index in [-0.39, 0.29) is 46.5 Å². The van der Waals surface area contributed by atoms with Crippen LogP contribution in [0.15, 0.2) is 18.2 Å². The molecule has 0 unspecified atom stereocenters. The minimum atomic E-state index is 0. The predicted octanol–water partition coefficient (Wildman–Crippen LogP) is -3.07. The van der Waals surface area contributed by atoms with Crippen molar-refractivity contribution in [2.24, 2.45) is 0 Å². The summed E-state index contributed by atoms with van der Waals surface area (Å²) < 4.78 is 0. The van der Waals surface area contributed by atoms with E-state index in [1.807, 2.05) is 12.2 Å². The summed E-state index contributed by atoms with van der Waals surface area (Å²) in [5.74, 6) is 0. The monoisotopic (exact) mass is 240 g/mol. The second kappa shape index (κ2) is 22.6. The molecule has 68 valence electrons. The molecule has 0 amide bonds. The molecule has 1 rings (SSSR count). The number of halogens is 2. The van der Waals surface area contributed by atoms with E-state index in [2.05, 4.69) is 26.0 Å². The number of unbranched alkanes of at least 4 members (excludes halogenated alkanes) is 1. The van der Waals surface area contributed by atoms with Gasteiger partial charge in [0, 0.05) is 0 Å². The quantitative estimate of drug-likeness (QED) is 0.337. The molecular weight excluding hydrogens is 227 g/mol. The molecule has 0 spiro atoms. The fourth-order valence-corrected chi connectivity index (χ4v) is 0.340. The Labute approximate surface area is 104 Å². The zero-order valence-electron chi connectivity index (χ0n) is 7.32. The molecule has 0 aromatic rings. The van der Waals surface area contributed by atoms with Gasteiger partial charge in [-0.25, -0.2) is 12.2 Å². The Bertz CT molecular complexity index is 88.7. The van der Waals surface area contributed by atoms with Crippen molar-refractivity contribution in [1.82, 2.24) is 0 Å². The molecule has 1 aliphatic rings. The van der Waals surface area contributed by atoms with Gasteiger partial charge in [-0.15, -0.1) is 6.42 Å². The summed E-state index contributed by atoms with van der Waals surface area (Å²) in [5, 5.41) is 0. The Balaban J connectivity index is -0.0000000436. The van der Waals surface area contributed by atoms with Crippen molar-refractivity contribution < 1.29 is 46.5 Å². The van der Waals surface area contributed by atoms with Crippen LogP contribution in [0.1, 0.15) is 26.2 Å². The van der Waals surface area contributed by atoms with Crippen LogP contribution in [0, 0.1) is 13.0 Å². The van der Waals surface area contributed by atoms with Crippen LogP contribution in [0.2, 0.25) is 0 Å². The van der Waals surface area contributed by atoms with Gasteiger partial charge in [0.05, 0.1) is 0 Å². The van der Waals surface area contributed by atoms with Crippen molar-refractivity contribution in [3.05, 3.63) is 31.2 Å². The van der Waals surface area contributed by atoms with Crippen molar-refractivity contribution in [1.29, 1.82) is 0 Å². The summed E-state index contributed by atoms with van der Waals surface area (Å²) in [6.45, 7) is 5.72. The summed E-state index contributed by atoms with van der Waals surface area (Å²) in [6.07, 6.45) is 12.3. The first-order chi connectivity index (χ1) is 4.41. The SMILES string of the molecule is [C-]1=CC=CC1.[CH2-]CCC.[Cl-].[Cl-].[Ti+4]. The van der Waals surface area contributed by atoms with E-state index in [9.17, 15) is 0 Å². The summed E-state index contributed by atoms with van der Waals surface area (Å²) in [6, 6.07) is 0. The third kappa shape index (κ3) is 22.4. The second-order valence-electron chi connectivity index (χ2n) is 1.86. The Morgan fingerprint density at radius 1 is 1.42 bits per heavy atom. The molecule has 0 nitrogen and oxygen atoms in total. The molecule has 1 aliphatic carbocycles. The van der Waals surface area contributed by atoms with Crippen LogP contribution in [0.4, 0.5) is 0 Å². The molecule has 3 heteroatoms. The van der Waals surface area contributed by atoms with E-state index in [0.29, 0.717) is 0 Å². The van der Waals surface area contributed by atoms with E-state index in [0.717, 1.165) is 12.8 Å². The molecule has 0 radical (unpaired) electrons. The zero-order chi connectivity index (χ0) is 6.95. The average Bonchev–Trinajstić information content (AvgIpc) is 2.43. The van der Waals surface area contributed by atoms with Crippen LogP contribution in [0.5, 0.6) is 0 Å². The summed E-state index contributed by atoms with van der Waals surface area (Å²) in [4.78, 5) is 0. The normalized spacial score (nSPS) is 9.83. The maximum atomic E-state index is 3.60. The molecule has 0 heterocycles. The van der Waals surface area contributed by atoms with Gasteiger partial charge in [-0.05, 0) is 0 Å². The molecule has 0 saturated heterocycles. The zero-order valence-corrected chi connectivity index (χ0v) is 10.4. The summed E-state index contributed by atoms with van der Waals surface area (Å²) >= 11 is 0. The Morgan fingerprint density at radius 3 is 2.00 bits per heavy atom. The first-order valence-corrected chi connectivity index (χ1v) is 3.42. The number of hydrogen-bond acceptors (Lipinski definition) is 0. The first kappa shape index (κ1) is 23.0. The molecule has 0 fully saturated rings. The molecule has 0 aromatic carbocycles. The third-order valence-corrected chi connectivity index (χ3v) is 0.939. The van der Waals surface area contributed by atoms with E-state index in [1.165, 1.54) is 6.42 Å². The van der Waals surface area contributed by atoms with Crippen LogP contribution in [-0.2, 0) is 21.7 Å². The van der Waals surface area contributed by atoms with Crippen LogP contribution in [0.3, 0.4) is 0 Å². The topological polar surface area (TPSA) is 0 Å². The van der Waals surface area contributed by atoms with Crippen molar-refractivity contribution in [2.45, 2.75) is 26.2 Å². The fourth-order valence-electron chi connectivity index (χ4n) is 0.340. The smallest absolute Gasteiger partial charge is 1.00 e. The molecule has 0 aromatic heterocycles. The maximum Gasteiger partial charge on any atom is 4.00 e. The van der Waals surface area contributed by atoms with E-state index in [1.54, 1.807) is 0 Å². The largest absolute Gasteiger partial charge is 4.00 e. The number of hydrogen-bond donors (Lipinski definition) is 0. The van der Waals surface area contributed by atoms with E-state index >= 15 is 0 Å². The number of rotatable bonds is 1. The van der Waals surface area contributed by atoms with E-state index < -0.39 is 0 Å². The molecule has 0 aliphatic heterocycles. The predicted molar refractivity (Wildman–Crippen MR) is 41.8 cm³/mol. The van der Waals surface area contributed by atoms with E-state index in [4.69, 9.17) is 0 Å². The Morgan fingerprint density at radius 2 is 1.92 bits per heavy atom. The van der Waals surface area contributed by atoms with Crippen molar-refractivity contribution in [2.75, 3.05) is 0 Å². The van der Waals surface area contributed by atoms with Gasteiger partial charge >= 0.3 is 21.7 Å². The molecule has 0 atom stereocenters. The second-order valence-corrected chi connectivity index (χ2v) is 1.86. The molecule has 0 saturated carbocycles. The van der Waals surface area contributed by atoms with Crippen LogP contribution in [-0.4, -0.2) is 0 Å². The van der Waals surface area contributed by atoms with Gasteiger partial charge in [-0.3, -0.25) is 6.08 Å². The fraction of sp³-hybridized carbons (Fsp3) is 0.444. The minimum absolute atomic E-state index is 0. The average molecular weight is 241 g/mol. The first-order valence-electron chi connectivity index (χ1n) is 3.42. The standard InChI is InChI=1S/C5H5.C4H9.2ClH.Ti/c1-2-4-5-3-1;1-3-4-2;;;/h1-3H,4H2;1,3-4H2,2H3;2*1H;/q2*-1;;;+4/p-2. The molecular formula is C9H14Cl2Ti. The van der Waals surface area contributed by atoms with Crippen molar-refractivity contribution >= 4 is 0 Å². The van der Waals surface area contributed by atoms with Gasteiger partial charge in [-0.2, -0.15) is 12.5 Å². The number of allylic oxidation sites excluding steroid dienone is 4. The summed E-state index contributed by atoms with van der Waals surface area (Å²) in [7, 11) is 0. The third-order valence-electron chi connectivity index (χ3n) is 0.939. The summed E-state index contributed by atoms with van der Waals surface area (Å²) in [5.41, 5.74) is 0. The molecule has 0 bridgehead atoms. The van der Waals surface area contributed by atoms with Gasteiger partial charge < -0.3 is 31.7 Å². The van der Waals surface area contributed by atoms with Crippen LogP contribution in [0.25, 0.3) is 0 Å². The minimum Gasteiger partial charge on any atom is -1.00 e. The van der Waals surface area contributed by atoms with Crippen LogP contribution < -0.4 is 24.8 Å². The van der Waals surface area contributed by atoms with Gasteiger partial charge in [0.15, 0.2) is 0 Å². The molecule has 0 N–H and O–H groups in total. The maximum absolute atomic E-state index is 3.60. The van der Waals surface area contributed by atoms with Gasteiger partial charge in [0.2, 0.25) is 0 Å². The van der Waals surface area contributed by atoms with Gasteiger partial charge in [-0.1, -0.05) is 13.3 Å². The van der Waals surface area contributed by atoms with Crippen molar-refractivity contribution in [3.63, 3.8) is 0 Å². The Hall–Kier alpha value is 0.774. The van der Waals surface area contributed by atoms with Crippen LogP contribution >= 0.6 is 0 Å². The Kier molecular flexibility index (Phi) is 43.4. The van der Waals surface area contributed by atoms with Crippen molar-refractivity contribution in [3.8, 4) is 0 Å². The van der Waals surface area contributed by atoms with Gasteiger partial charge in [0.25, 0.3) is 0 Å². The molecule has 12 heavy (non-hydrogen) atoms.